The van der Waals surface area contributed by atoms with Gasteiger partial charge in [0.1, 0.15) is 5.54 Å². The Balaban J connectivity index is 1.63. The fraction of sp³-hybridized carbons (Fsp3) is 0.290. The molecule has 2 saturated heterocycles. The zero-order valence-corrected chi connectivity index (χ0v) is 24.8. The first kappa shape index (κ1) is 25.7. The highest BCUT2D eigenvalue weighted by molar-refractivity contribution is 9.10. The van der Waals surface area contributed by atoms with Crippen LogP contribution in [0.3, 0.4) is 0 Å². The Morgan fingerprint density at radius 1 is 0.868 bits per heavy atom. The highest BCUT2D eigenvalue weighted by Gasteiger charge is 2.75. The summed E-state index contributed by atoms with van der Waals surface area (Å²) in [5.74, 6) is -0.144. The molecule has 0 unspecified atom stereocenters. The van der Waals surface area contributed by atoms with Crippen molar-refractivity contribution in [3.63, 3.8) is 0 Å². The van der Waals surface area contributed by atoms with Crippen LogP contribution in [0.15, 0.2) is 87.3 Å². The Hall–Kier alpha value is -2.58. The van der Waals surface area contributed by atoms with E-state index in [1.807, 2.05) is 80.8 Å². The van der Waals surface area contributed by atoms with Crippen molar-refractivity contribution in [3.8, 4) is 0 Å². The molecule has 5 nitrogen and oxygen atoms in total. The molecule has 2 fully saturated rings. The molecule has 3 heterocycles. The summed E-state index contributed by atoms with van der Waals surface area (Å²) in [7, 11) is 5.90. The molecular formula is C31H29Br2N3O2. The lowest BCUT2D eigenvalue weighted by molar-refractivity contribution is -0.147. The molecule has 194 valence electrons. The van der Waals surface area contributed by atoms with Gasteiger partial charge in [-0.15, -0.1) is 0 Å². The van der Waals surface area contributed by atoms with Gasteiger partial charge in [-0.25, -0.2) is 0 Å². The number of likely N-dealkylation sites (tertiary alicyclic amines) is 2. The minimum atomic E-state index is -1.11. The topological polar surface area (TPSA) is 43.9 Å². The monoisotopic (exact) mass is 633 g/mol. The summed E-state index contributed by atoms with van der Waals surface area (Å²) in [5.41, 5.74) is 2.45. The SMILES string of the molecule is CN1C/C(=C\c2ccc(Br)cc2)C(=O)[C@@]2(C1)[C@H](c1ccc(Br)cc1)CN(C)[C@]21C(=O)N(C)c2ccccc21. The predicted octanol–water partition coefficient (Wildman–Crippen LogP) is 5.70. The molecule has 2 spiro atoms. The second kappa shape index (κ2) is 9.26. The number of benzene rings is 3. The van der Waals surface area contributed by atoms with Gasteiger partial charge >= 0.3 is 0 Å². The summed E-state index contributed by atoms with van der Waals surface area (Å²) >= 11 is 7.07. The Kier molecular flexibility index (Phi) is 6.26. The van der Waals surface area contributed by atoms with Gasteiger partial charge in [-0.2, -0.15) is 0 Å². The van der Waals surface area contributed by atoms with Crippen LogP contribution >= 0.6 is 31.9 Å². The molecule has 3 atom stereocenters. The minimum absolute atomic E-state index is 0.0348. The van der Waals surface area contributed by atoms with Crippen LogP contribution in [-0.2, 0) is 15.1 Å². The fourth-order valence-corrected chi connectivity index (χ4v) is 7.73. The van der Waals surface area contributed by atoms with Crippen LogP contribution in [0, 0.1) is 5.41 Å². The Labute approximate surface area is 240 Å². The third-order valence-electron chi connectivity index (χ3n) is 8.68. The van der Waals surface area contributed by atoms with Gasteiger partial charge in [0.15, 0.2) is 5.78 Å². The van der Waals surface area contributed by atoms with Gasteiger partial charge < -0.3 is 9.80 Å². The van der Waals surface area contributed by atoms with Gasteiger partial charge in [-0.3, -0.25) is 14.5 Å². The maximum Gasteiger partial charge on any atom is 0.253 e. The molecule has 3 aliphatic rings. The molecule has 0 aromatic heterocycles. The Morgan fingerprint density at radius 3 is 2.18 bits per heavy atom. The predicted molar refractivity (Wildman–Crippen MR) is 158 cm³/mol. The van der Waals surface area contributed by atoms with Crippen LogP contribution in [0.5, 0.6) is 0 Å². The third kappa shape index (κ3) is 3.48. The average Bonchev–Trinajstić information content (AvgIpc) is 3.29. The normalized spacial score (nSPS) is 28.7. The van der Waals surface area contributed by atoms with Crippen molar-refractivity contribution in [3.05, 3.63) is 104 Å². The molecule has 0 radical (unpaired) electrons. The zero-order chi connectivity index (χ0) is 26.8. The fourth-order valence-electron chi connectivity index (χ4n) is 7.20. The Bertz CT molecular complexity index is 1470. The first-order valence-electron chi connectivity index (χ1n) is 12.7. The molecule has 0 aliphatic carbocycles. The average molecular weight is 635 g/mol. The molecule has 7 heteroatoms. The standard InChI is InChI=1S/C31H29Br2N3O2/c1-34-17-22(16-20-8-12-23(32)13-9-20)28(37)30(19-34)26(21-10-14-24(33)15-11-21)18-35(2)31(30)25-6-4-5-7-27(25)36(3)29(31)38/h4-16,26H,17-19H2,1-3H3/b22-16+/t26-,30+,31+/m0/s1. The van der Waals surface area contributed by atoms with E-state index >= 15 is 4.79 Å². The molecule has 0 saturated carbocycles. The quantitative estimate of drug-likeness (QED) is 0.340. The number of nitrogens with zero attached hydrogens (tertiary/aromatic N) is 3. The van der Waals surface area contributed by atoms with E-state index in [0.717, 1.165) is 36.9 Å². The molecule has 3 aromatic rings. The van der Waals surface area contributed by atoms with Crippen LogP contribution in [0.25, 0.3) is 6.08 Å². The highest BCUT2D eigenvalue weighted by atomic mass is 79.9. The van der Waals surface area contributed by atoms with Crippen LogP contribution < -0.4 is 4.90 Å². The van der Waals surface area contributed by atoms with E-state index in [1.54, 1.807) is 4.90 Å². The van der Waals surface area contributed by atoms with Crippen molar-refractivity contribution in [2.24, 2.45) is 5.41 Å². The van der Waals surface area contributed by atoms with Crippen molar-refractivity contribution >= 4 is 55.3 Å². The summed E-state index contributed by atoms with van der Waals surface area (Å²) in [5, 5.41) is 0. The maximum atomic E-state index is 15.1. The highest BCUT2D eigenvalue weighted by Crippen LogP contribution is 2.65. The number of Topliss-reactive ketones (excluding diaryl/α,β-unsaturated/α-hetero) is 1. The molecule has 38 heavy (non-hydrogen) atoms. The van der Waals surface area contributed by atoms with Gasteiger partial charge in [-0.1, -0.05) is 74.3 Å². The van der Waals surface area contributed by atoms with Crippen LogP contribution in [0.1, 0.15) is 22.6 Å². The lowest BCUT2D eigenvalue weighted by Gasteiger charge is -2.51. The lowest BCUT2D eigenvalue weighted by atomic mass is 9.56. The third-order valence-corrected chi connectivity index (χ3v) is 9.74. The van der Waals surface area contributed by atoms with Crippen LogP contribution in [0.2, 0.25) is 0 Å². The lowest BCUT2D eigenvalue weighted by Crippen LogP contribution is -2.65. The van der Waals surface area contributed by atoms with Gasteiger partial charge in [0, 0.05) is 58.4 Å². The van der Waals surface area contributed by atoms with E-state index in [9.17, 15) is 4.79 Å². The van der Waals surface area contributed by atoms with Crippen molar-refractivity contribution in [2.45, 2.75) is 11.5 Å². The molecule has 0 bridgehead atoms. The Morgan fingerprint density at radius 2 is 1.50 bits per heavy atom. The molecule has 3 aromatic carbocycles. The van der Waals surface area contributed by atoms with Gasteiger partial charge in [0.05, 0.1) is 5.41 Å². The number of hydrogen-bond acceptors (Lipinski definition) is 4. The first-order valence-corrected chi connectivity index (χ1v) is 14.3. The molecule has 1 amide bonds. The van der Waals surface area contributed by atoms with E-state index in [4.69, 9.17) is 0 Å². The van der Waals surface area contributed by atoms with Crippen molar-refractivity contribution in [1.82, 2.24) is 9.80 Å². The van der Waals surface area contributed by atoms with E-state index in [-0.39, 0.29) is 17.6 Å². The second-order valence-corrected chi connectivity index (χ2v) is 12.6. The van der Waals surface area contributed by atoms with Gasteiger partial charge in [0.2, 0.25) is 0 Å². The summed E-state index contributed by atoms with van der Waals surface area (Å²) < 4.78 is 1.98. The summed E-state index contributed by atoms with van der Waals surface area (Å²) in [6.45, 7) is 1.62. The number of para-hydroxylation sites is 1. The minimum Gasteiger partial charge on any atom is -0.313 e. The van der Waals surface area contributed by atoms with Crippen molar-refractivity contribution < 1.29 is 9.59 Å². The molecule has 3 aliphatic heterocycles. The number of ketones is 1. The molecular weight excluding hydrogens is 606 g/mol. The second-order valence-electron chi connectivity index (χ2n) is 10.8. The van der Waals surface area contributed by atoms with E-state index in [2.05, 4.69) is 60.8 Å². The maximum absolute atomic E-state index is 15.1. The number of carbonyl (C=O) groups excluding carboxylic acids is 2. The number of fused-ring (bicyclic) bond motifs is 3. The number of likely N-dealkylation sites (N-methyl/N-ethyl adjacent to an activating group) is 3. The first-order chi connectivity index (χ1) is 18.2. The molecule has 6 rings (SSSR count). The number of rotatable bonds is 2. The largest absolute Gasteiger partial charge is 0.313 e. The van der Waals surface area contributed by atoms with E-state index in [0.29, 0.717) is 19.6 Å². The van der Waals surface area contributed by atoms with E-state index in [1.165, 1.54) is 0 Å². The summed E-state index contributed by atoms with van der Waals surface area (Å²) in [6, 6.07) is 24.2. The van der Waals surface area contributed by atoms with Crippen molar-refractivity contribution in [2.75, 3.05) is 45.7 Å². The smallest absolute Gasteiger partial charge is 0.253 e. The molecule has 0 N–H and O–H groups in total. The number of carbonyl (C=O) groups is 2. The van der Waals surface area contributed by atoms with E-state index < -0.39 is 11.0 Å². The number of hydrogen-bond donors (Lipinski definition) is 0. The summed E-state index contributed by atoms with van der Waals surface area (Å²) in [4.78, 5) is 35.7. The summed E-state index contributed by atoms with van der Waals surface area (Å²) in [6.07, 6.45) is 2.01. The van der Waals surface area contributed by atoms with Crippen LogP contribution in [0.4, 0.5) is 5.69 Å². The zero-order valence-electron chi connectivity index (χ0n) is 21.6. The van der Waals surface area contributed by atoms with Gasteiger partial charge in [0.25, 0.3) is 5.91 Å². The number of piperidine rings is 1. The van der Waals surface area contributed by atoms with Crippen LogP contribution in [-0.4, -0.2) is 62.3 Å². The number of amides is 1. The number of anilines is 1. The van der Waals surface area contributed by atoms with Crippen molar-refractivity contribution in [1.29, 1.82) is 0 Å². The number of halogens is 2. The van der Waals surface area contributed by atoms with Gasteiger partial charge in [-0.05, 0) is 61.6 Å².